The van der Waals surface area contributed by atoms with E-state index in [1.165, 1.54) is 0 Å². The zero-order valence-electron chi connectivity index (χ0n) is 16.2. The number of morpholine rings is 1. The second-order valence-electron chi connectivity index (χ2n) is 5.61. The predicted octanol–water partition coefficient (Wildman–Crippen LogP) is -0.0220. The topological polar surface area (TPSA) is 77.1 Å². The third kappa shape index (κ3) is 13.8. The number of hydrogen-bond acceptors (Lipinski definition) is 9. The maximum Gasteiger partial charge on any atom is 0.182 e. The Morgan fingerprint density at radius 2 is 1.31 bits per heavy atom. The molecule has 9 nitrogen and oxygen atoms in total. The number of hydrogen-bond donors (Lipinski definition) is 0. The van der Waals surface area contributed by atoms with Crippen LogP contribution in [0.1, 0.15) is 0 Å². The highest BCUT2D eigenvalue weighted by Gasteiger charge is 2.15. The Hall–Kier alpha value is -0.360. The van der Waals surface area contributed by atoms with Crippen molar-refractivity contribution in [3.05, 3.63) is 0 Å². The van der Waals surface area contributed by atoms with Crippen LogP contribution in [-0.4, -0.2) is 118 Å². The summed E-state index contributed by atoms with van der Waals surface area (Å²) in [4.78, 5) is 2.18. The second kappa shape index (κ2) is 18.0. The van der Waals surface area contributed by atoms with Crippen molar-refractivity contribution in [1.29, 1.82) is 0 Å². The molecular weight excluding hydrogens is 346 g/mol. The molecular formula is C17H35NO8. The summed E-state index contributed by atoms with van der Waals surface area (Å²) >= 11 is 0. The predicted molar refractivity (Wildman–Crippen MR) is 94.3 cm³/mol. The molecule has 0 spiro atoms. The van der Waals surface area contributed by atoms with Crippen molar-refractivity contribution in [1.82, 2.24) is 4.90 Å². The summed E-state index contributed by atoms with van der Waals surface area (Å²) in [5.41, 5.74) is 0. The molecule has 1 rings (SSSR count). The van der Waals surface area contributed by atoms with E-state index in [9.17, 15) is 0 Å². The Labute approximate surface area is 156 Å². The molecule has 1 atom stereocenters. The van der Waals surface area contributed by atoms with E-state index >= 15 is 0 Å². The molecule has 1 unspecified atom stereocenters. The second-order valence-corrected chi connectivity index (χ2v) is 5.61. The highest BCUT2D eigenvalue weighted by atomic mass is 16.7. The lowest BCUT2D eigenvalue weighted by Gasteiger charge is -2.28. The SMILES string of the molecule is COCCOCCOCC(OCCOCCOC)OCN1CCOCC1. The molecule has 0 aromatic carbocycles. The Kier molecular flexibility index (Phi) is 16.4. The van der Waals surface area contributed by atoms with Crippen molar-refractivity contribution in [2.24, 2.45) is 0 Å². The van der Waals surface area contributed by atoms with Gasteiger partial charge in [0.1, 0.15) is 6.73 Å². The van der Waals surface area contributed by atoms with E-state index in [1.54, 1.807) is 14.2 Å². The summed E-state index contributed by atoms with van der Waals surface area (Å²) in [5, 5.41) is 0. The van der Waals surface area contributed by atoms with Gasteiger partial charge in [0.2, 0.25) is 0 Å². The zero-order chi connectivity index (χ0) is 18.7. The smallest absolute Gasteiger partial charge is 0.182 e. The fourth-order valence-electron chi connectivity index (χ4n) is 2.09. The van der Waals surface area contributed by atoms with E-state index in [-0.39, 0.29) is 0 Å². The zero-order valence-corrected chi connectivity index (χ0v) is 16.2. The van der Waals surface area contributed by atoms with Gasteiger partial charge >= 0.3 is 0 Å². The van der Waals surface area contributed by atoms with Crippen LogP contribution in [0.3, 0.4) is 0 Å². The van der Waals surface area contributed by atoms with Gasteiger partial charge in [-0.15, -0.1) is 0 Å². The minimum atomic E-state index is -0.442. The third-order valence-electron chi connectivity index (χ3n) is 3.57. The quantitative estimate of drug-likeness (QED) is 0.240. The van der Waals surface area contributed by atoms with Crippen LogP contribution in [-0.2, 0) is 37.9 Å². The highest BCUT2D eigenvalue weighted by Crippen LogP contribution is 2.02. The van der Waals surface area contributed by atoms with Gasteiger partial charge in [-0.2, -0.15) is 0 Å². The van der Waals surface area contributed by atoms with Gasteiger partial charge in [-0.3, -0.25) is 4.90 Å². The fourth-order valence-corrected chi connectivity index (χ4v) is 2.09. The van der Waals surface area contributed by atoms with Crippen LogP contribution in [0.4, 0.5) is 0 Å². The van der Waals surface area contributed by atoms with E-state index in [4.69, 9.17) is 37.9 Å². The Morgan fingerprint density at radius 1 is 0.731 bits per heavy atom. The lowest BCUT2D eigenvalue weighted by Crippen LogP contribution is -2.40. The molecule has 0 amide bonds. The van der Waals surface area contributed by atoms with Gasteiger partial charge in [-0.1, -0.05) is 0 Å². The van der Waals surface area contributed by atoms with Crippen molar-refractivity contribution < 1.29 is 37.9 Å². The minimum Gasteiger partial charge on any atom is -0.382 e. The van der Waals surface area contributed by atoms with E-state index in [2.05, 4.69) is 4.90 Å². The first-order valence-electron chi connectivity index (χ1n) is 9.11. The summed E-state index contributed by atoms with van der Waals surface area (Å²) in [5.74, 6) is 0. The van der Waals surface area contributed by atoms with Crippen molar-refractivity contribution in [3.8, 4) is 0 Å². The number of ether oxygens (including phenoxy) is 8. The molecule has 1 saturated heterocycles. The monoisotopic (exact) mass is 381 g/mol. The van der Waals surface area contributed by atoms with Gasteiger partial charge in [0.15, 0.2) is 6.29 Å². The summed E-state index contributed by atoms with van der Waals surface area (Å²) < 4.78 is 43.1. The van der Waals surface area contributed by atoms with Gasteiger partial charge in [0.25, 0.3) is 0 Å². The first-order chi connectivity index (χ1) is 12.9. The van der Waals surface area contributed by atoms with Crippen molar-refractivity contribution in [3.63, 3.8) is 0 Å². The number of nitrogens with zero attached hydrogens (tertiary/aromatic N) is 1. The maximum atomic E-state index is 5.84. The van der Waals surface area contributed by atoms with Crippen molar-refractivity contribution >= 4 is 0 Å². The molecule has 9 heteroatoms. The van der Waals surface area contributed by atoms with E-state index in [0.717, 1.165) is 26.3 Å². The van der Waals surface area contributed by atoms with E-state index in [0.29, 0.717) is 66.2 Å². The molecule has 0 aromatic rings. The van der Waals surface area contributed by atoms with E-state index in [1.807, 2.05) is 0 Å². The average Bonchev–Trinajstić information content (AvgIpc) is 2.68. The molecule has 0 aromatic heterocycles. The molecule has 1 fully saturated rings. The summed E-state index contributed by atoms with van der Waals surface area (Å²) in [6.45, 7) is 8.21. The van der Waals surface area contributed by atoms with Crippen LogP contribution in [0, 0.1) is 0 Å². The van der Waals surface area contributed by atoms with Crippen LogP contribution < -0.4 is 0 Å². The Morgan fingerprint density at radius 3 is 1.96 bits per heavy atom. The Balaban J connectivity index is 2.14. The average molecular weight is 381 g/mol. The van der Waals surface area contributed by atoms with Crippen LogP contribution in [0.15, 0.2) is 0 Å². The largest absolute Gasteiger partial charge is 0.382 e. The molecule has 26 heavy (non-hydrogen) atoms. The molecule has 0 aliphatic carbocycles. The fraction of sp³-hybridized carbons (Fsp3) is 1.00. The molecule has 0 saturated carbocycles. The number of rotatable bonds is 18. The molecule has 1 aliphatic rings. The summed E-state index contributed by atoms with van der Waals surface area (Å²) in [7, 11) is 3.29. The molecule has 0 N–H and O–H groups in total. The molecule has 0 radical (unpaired) electrons. The molecule has 156 valence electrons. The molecule has 0 bridgehead atoms. The molecule has 1 heterocycles. The van der Waals surface area contributed by atoms with Crippen molar-refractivity contribution in [2.45, 2.75) is 6.29 Å². The van der Waals surface area contributed by atoms with Crippen LogP contribution in [0.5, 0.6) is 0 Å². The molecule has 1 aliphatic heterocycles. The Bertz CT molecular complexity index is 292. The van der Waals surface area contributed by atoms with Gasteiger partial charge in [0, 0.05) is 27.3 Å². The standard InChI is InChI=1S/C17H35NO8/c1-19-7-9-22-11-12-24-15-17(25-14-13-23-10-8-20-2)26-16-18-3-5-21-6-4-18/h17H,3-16H2,1-2H3. The lowest BCUT2D eigenvalue weighted by atomic mass is 10.5. The first kappa shape index (κ1) is 23.7. The number of methoxy groups -OCH3 is 2. The van der Waals surface area contributed by atoms with E-state index < -0.39 is 6.29 Å². The minimum absolute atomic E-state index is 0.343. The van der Waals surface area contributed by atoms with Crippen LogP contribution in [0.25, 0.3) is 0 Å². The highest BCUT2D eigenvalue weighted by molar-refractivity contribution is 4.58. The van der Waals surface area contributed by atoms with Crippen molar-refractivity contribution in [2.75, 3.05) is 107 Å². The van der Waals surface area contributed by atoms with Gasteiger partial charge < -0.3 is 37.9 Å². The normalized spacial score (nSPS) is 16.8. The maximum absolute atomic E-state index is 5.84. The van der Waals surface area contributed by atoms with Crippen LogP contribution in [0.2, 0.25) is 0 Å². The summed E-state index contributed by atoms with van der Waals surface area (Å²) in [6, 6.07) is 0. The van der Waals surface area contributed by atoms with Gasteiger partial charge in [-0.25, -0.2) is 0 Å². The summed E-state index contributed by atoms with van der Waals surface area (Å²) in [6.07, 6.45) is -0.442. The van der Waals surface area contributed by atoms with Gasteiger partial charge in [-0.05, 0) is 0 Å². The first-order valence-corrected chi connectivity index (χ1v) is 9.11. The third-order valence-corrected chi connectivity index (χ3v) is 3.57. The van der Waals surface area contributed by atoms with Crippen LogP contribution >= 0.6 is 0 Å². The van der Waals surface area contributed by atoms with Gasteiger partial charge in [0.05, 0.1) is 72.7 Å². The lowest BCUT2D eigenvalue weighted by molar-refractivity contribution is -0.202.